The fraction of sp³-hybridized carbons (Fsp3) is 0.300. The molecule has 4 nitrogen and oxygen atoms in total. The molecule has 0 radical (unpaired) electrons. The molecular weight excluding hydrogens is 334 g/mol. The van der Waals surface area contributed by atoms with E-state index in [1.807, 2.05) is 4.90 Å². The van der Waals surface area contributed by atoms with E-state index in [2.05, 4.69) is 42.6 Å². The van der Waals surface area contributed by atoms with E-state index in [4.69, 9.17) is 5.26 Å². The lowest BCUT2D eigenvalue weighted by Crippen LogP contribution is -2.48. The van der Waals surface area contributed by atoms with Crippen LogP contribution in [0.4, 0.5) is 0 Å². The summed E-state index contributed by atoms with van der Waals surface area (Å²) in [6.07, 6.45) is 1.01. The Bertz CT molecular complexity index is 750. The highest BCUT2D eigenvalue weighted by Crippen LogP contribution is 2.25. The zero-order valence-corrected chi connectivity index (χ0v) is 15.1. The first-order valence-electron chi connectivity index (χ1n) is 8.33. The van der Waals surface area contributed by atoms with Crippen molar-refractivity contribution in [2.45, 2.75) is 19.4 Å². The van der Waals surface area contributed by atoms with Gasteiger partial charge in [-0.15, -0.1) is 12.4 Å². The second kappa shape index (κ2) is 8.66. The molecule has 2 aromatic rings. The topological polar surface area (TPSA) is 56.1 Å². The van der Waals surface area contributed by atoms with Crippen molar-refractivity contribution in [2.75, 3.05) is 19.6 Å². The van der Waals surface area contributed by atoms with E-state index in [0.717, 1.165) is 25.1 Å². The van der Waals surface area contributed by atoms with Gasteiger partial charge in [0, 0.05) is 25.2 Å². The molecule has 1 aliphatic rings. The zero-order chi connectivity index (χ0) is 16.9. The number of nitriles is 1. The van der Waals surface area contributed by atoms with E-state index in [-0.39, 0.29) is 24.4 Å². The second-order valence-electron chi connectivity index (χ2n) is 6.00. The fourth-order valence-electron chi connectivity index (χ4n) is 3.07. The van der Waals surface area contributed by atoms with E-state index in [1.54, 1.807) is 24.3 Å². The summed E-state index contributed by atoms with van der Waals surface area (Å²) in [6.45, 7) is 4.37. The summed E-state index contributed by atoms with van der Waals surface area (Å²) in [5, 5.41) is 12.3. The Kier molecular flexibility index (Phi) is 6.58. The molecule has 1 heterocycles. The fourth-order valence-corrected chi connectivity index (χ4v) is 3.07. The number of carbonyl (C=O) groups excluding carboxylic acids is 1. The van der Waals surface area contributed by atoms with Crippen LogP contribution >= 0.6 is 12.4 Å². The van der Waals surface area contributed by atoms with Crippen LogP contribution in [-0.2, 0) is 6.42 Å². The van der Waals surface area contributed by atoms with E-state index in [1.165, 1.54) is 5.56 Å². The minimum absolute atomic E-state index is 0. The first-order chi connectivity index (χ1) is 11.7. The summed E-state index contributed by atoms with van der Waals surface area (Å²) in [5.41, 5.74) is 3.65. The number of benzene rings is 2. The van der Waals surface area contributed by atoms with Gasteiger partial charge in [-0.1, -0.05) is 31.2 Å². The summed E-state index contributed by atoms with van der Waals surface area (Å²) in [4.78, 5) is 14.9. The molecule has 25 heavy (non-hydrogen) atoms. The molecule has 1 unspecified atom stereocenters. The van der Waals surface area contributed by atoms with Crippen molar-refractivity contribution < 1.29 is 4.79 Å². The number of nitrogens with zero attached hydrogens (tertiary/aromatic N) is 2. The van der Waals surface area contributed by atoms with Crippen molar-refractivity contribution in [1.29, 1.82) is 5.26 Å². The van der Waals surface area contributed by atoms with Crippen LogP contribution in [0.3, 0.4) is 0 Å². The molecule has 1 atom stereocenters. The maximum atomic E-state index is 12.9. The quantitative estimate of drug-likeness (QED) is 0.918. The Morgan fingerprint density at radius 1 is 1.20 bits per heavy atom. The molecular formula is C20H22ClN3O. The standard InChI is InChI=1S/C20H21N3O.ClH/c1-2-15-3-7-17(8-4-15)19-14-22-11-12-23(19)20(24)18-9-5-16(13-21)6-10-18;/h3-10,19,22H,2,11-12,14H2,1H3;1H. The van der Waals surface area contributed by atoms with Crippen LogP contribution in [-0.4, -0.2) is 30.4 Å². The molecule has 2 aromatic carbocycles. The molecule has 0 aromatic heterocycles. The third kappa shape index (κ3) is 4.19. The minimum atomic E-state index is 0. The third-order valence-corrected chi connectivity index (χ3v) is 4.54. The molecule has 3 rings (SSSR count). The van der Waals surface area contributed by atoms with E-state index < -0.39 is 0 Å². The van der Waals surface area contributed by atoms with Gasteiger partial charge in [-0.05, 0) is 41.8 Å². The van der Waals surface area contributed by atoms with Crippen LogP contribution in [0.5, 0.6) is 0 Å². The number of piperazine rings is 1. The predicted molar refractivity (Wildman–Crippen MR) is 101 cm³/mol. The van der Waals surface area contributed by atoms with Crippen molar-refractivity contribution >= 4 is 18.3 Å². The van der Waals surface area contributed by atoms with Gasteiger partial charge in [-0.3, -0.25) is 4.79 Å². The van der Waals surface area contributed by atoms with Crippen molar-refractivity contribution in [3.63, 3.8) is 0 Å². The second-order valence-corrected chi connectivity index (χ2v) is 6.00. The molecule has 1 N–H and O–H groups in total. The van der Waals surface area contributed by atoms with Crippen LogP contribution in [0.15, 0.2) is 48.5 Å². The average Bonchev–Trinajstić information content (AvgIpc) is 2.67. The van der Waals surface area contributed by atoms with Gasteiger partial charge in [0.2, 0.25) is 0 Å². The Hall–Kier alpha value is -2.35. The smallest absolute Gasteiger partial charge is 0.254 e. The Morgan fingerprint density at radius 2 is 1.88 bits per heavy atom. The van der Waals surface area contributed by atoms with Crippen LogP contribution in [0, 0.1) is 11.3 Å². The lowest BCUT2D eigenvalue weighted by atomic mass is 10.00. The van der Waals surface area contributed by atoms with Gasteiger partial charge >= 0.3 is 0 Å². The van der Waals surface area contributed by atoms with Gasteiger partial charge in [0.1, 0.15) is 0 Å². The van der Waals surface area contributed by atoms with Crippen molar-refractivity contribution in [2.24, 2.45) is 0 Å². The van der Waals surface area contributed by atoms with Crippen LogP contribution < -0.4 is 5.32 Å². The monoisotopic (exact) mass is 355 g/mol. The maximum Gasteiger partial charge on any atom is 0.254 e. The highest BCUT2D eigenvalue weighted by Gasteiger charge is 2.28. The predicted octanol–water partition coefficient (Wildman–Crippen LogP) is 3.33. The van der Waals surface area contributed by atoms with Crippen LogP contribution in [0.1, 0.15) is 40.0 Å². The molecule has 0 saturated carbocycles. The van der Waals surface area contributed by atoms with Crippen molar-refractivity contribution in [3.05, 3.63) is 70.8 Å². The number of hydrogen-bond acceptors (Lipinski definition) is 3. The van der Waals surface area contributed by atoms with Crippen LogP contribution in [0.2, 0.25) is 0 Å². The van der Waals surface area contributed by atoms with E-state index >= 15 is 0 Å². The number of amides is 1. The maximum absolute atomic E-state index is 12.9. The van der Waals surface area contributed by atoms with Crippen molar-refractivity contribution in [1.82, 2.24) is 10.2 Å². The number of nitrogens with one attached hydrogen (secondary N) is 1. The van der Waals surface area contributed by atoms with Gasteiger partial charge in [-0.2, -0.15) is 5.26 Å². The molecule has 1 fully saturated rings. The van der Waals surface area contributed by atoms with Gasteiger partial charge in [0.25, 0.3) is 5.91 Å². The van der Waals surface area contributed by atoms with Gasteiger partial charge in [-0.25, -0.2) is 0 Å². The molecule has 1 aliphatic heterocycles. The molecule has 5 heteroatoms. The van der Waals surface area contributed by atoms with Gasteiger partial charge in [0.05, 0.1) is 17.7 Å². The summed E-state index contributed by atoms with van der Waals surface area (Å²) in [7, 11) is 0. The van der Waals surface area contributed by atoms with E-state index in [9.17, 15) is 4.79 Å². The van der Waals surface area contributed by atoms with Gasteiger partial charge in [0.15, 0.2) is 0 Å². The molecule has 1 amide bonds. The summed E-state index contributed by atoms with van der Waals surface area (Å²) < 4.78 is 0. The average molecular weight is 356 g/mol. The highest BCUT2D eigenvalue weighted by molar-refractivity contribution is 5.94. The normalized spacial score (nSPS) is 16.6. The highest BCUT2D eigenvalue weighted by atomic mass is 35.5. The SMILES string of the molecule is CCc1ccc(C2CNCCN2C(=O)c2ccc(C#N)cc2)cc1.Cl. The molecule has 0 aliphatic carbocycles. The Morgan fingerprint density at radius 3 is 2.48 bits per heavy atom. The zero-order valence-electron chi connectivity index (χ0n) is 14.2. The number of aryl methyl sites for hydroxylation is 1. The molecule has 1 saturated heterocycles. The largest absolute Gasteiger partial charge is 0.329 e. The molecule has 0 bridgehead atoms. The van der Waals surface area contributed by atoms with Crippen molar-refractivity contribution in [3.8, 4) is 6.07 Å². The first kappa shape index (κ1) is 19.0. The summed E-state index contributed by atoms with van der Waals surface area (Å²) >= 11 is 0. The molecule has 130 valence electrons. The Labute approximate surface area is 154 Å². The number of rotatable bonds is 3. The number of carbonyl (C=O) groups is 1. The van der Waals surface area contributed by atoms with E-state index in [0.29, 0.717) is 17.7 Å². The van der Waals surface area contributed by atoms with Crippen LogP contribution in [0.25, 0.3) is 0 Å². The third-order valence-electron chi connectivity index (χ3n) is 4.54. The Balaban J connectivity index is 0.00000225. The number of halogens is 1. The lowest BCUT2D eigenvalue weighted by molar-refractivity contribution is 0.0634. The number of hydrogen-bond donors (Lipinski definition) is 1. The summed E-state index contributed by atoms with van der Waals surface area (Å²) in [6, 6.07) is 17.5. The summed E-state index contributed by atoms with van der Waals surface area (Å²) in [5.74, 6) is 0.0190. The van der Waals surface area contributed by atoms with Gasteiger partial charge < -0.3 is 10.2 Å². The molecule has 0 spiro atoms. The lowest BCUT2D eigenvalue weighted by Gasteiger charge is -2.36. The minimum Gasteiger partial charge on any atom is -0.329 e. The first-order valence-corrected chi connectivity index (χ1v) is 8.33.